The number of methoxy groups -OCH3 is 5. The number of carbonyl (C=O) groups excluding carboxylic acids is 1. The topological polar surface area (TPSA) is 129 Å². The third kappa shape index (κ3) is 8.52. The first-order valence-electron chi connectivity index (χ1n) is 16.1. The first-order valence-corrected chi connectivity index (χ1v) is 17.5. The van der Waals surface area contributed by atoms with Gasteiger partial charge in [-0.15, -0.1) is 0 Å². The van der Waals surface area contributed by atoms with Crippen LogP contribution < -0.4 is 33.9 Å². The number of nitrogens with zero attached hydrogens (tertiary/aromatic N) is 3. The van der Waals surface area contributed by atoms with Gasteiger partial charge >= 0.3 is 0 Å². The maximum Gasteiger partial charge on any atom is 0.261 e. The molecular weight excluding hydrogens is 724 g/mol. The fourth-order valence-corrected chi connectivity index (χ4v) is 7.31. The number of hydrogen-bond acceptors (Lipinski definition) is 10. The molecule has 1 aliphatic rings. The van der Waals surface area contributed by atoms with Crippen molar-refractivity contribution < 1.29 is 54.5 Å². The molecule has 12 nitrogen and oxygen atoms in total. The summed E-state index contributed by atoms with van der Waals surface area (Å²) in [6, 6.07) is 12.6. The van der Waals surface area contributed by atoms with Crippen molar-refractivity contribution in [3.63, 3.8) is 0 Å². The Kier molecular flexibility index (Phi) is 11.9. The number of amides is 1. The average molecular weight is 763 g/mol. The second-order valence-corrected chi connectivity index (χ2v) is 13.8. The summed E-state index contributed by atoms with van der Waals surface area (Å²) in [7, 11) is 2.44. The summed E-state index contributed by atoms with van der Waals surface area (Å²) in [5.41, 5.74) is 0.803. The van der Waals surface area contributed by atoms with Gasteiger partial charge in [0, 0.05) is 73.7 Å². The van der Waals surface area contributed by atoms with Crippen LogP contribution in [0.2, 0.25) is 0 Å². The van der Waals surface area contributed by atoms with Crippen molar-refractivity contribution in [1.82, 2.24) is 9.29 Å². The molecule has 0 aliphatic carbocycles. The van der Waals surface area contributed by atoms with Crippen molar-refractivity contribution >= 4 is 27.3 Å². The molecule has 5 rings (SSSR count). The van der Waals surface area contributed by atoms with E-state index in [1.807, 2.05) is 0 Å². The Morgan fingerprint density at radius 3 is 2.02 bits per heavy atom. The van der Waals surface area contributed by atoms with Gasteiger partial charge in [0.1, 0.15) is 29.0 Å². The zero-order valence-electron chi connectivity index (χ0n) is 29.5. The number of hydrogen-bond donors (Lipinski definition) is 1. The van der Waals surface area contributed by atoms with E-state index < -0.39 is 63.1 Å². The SMILES string of the molecule is COc1ccc(CN(Cc2ccc(OC)cc2OC)S(=O)(=O)c2cc(NC(=O)C3CC(F)(F)CCN3c3ccc(F)c(F)c3OC)ccn2)c(OC)c1. The van der Waals surface area contributed by atoms with E-state index in [4.69, 9.17) is 23.7 Å². The van der Waals surface area contributed by atoms with Crippen LogP contribution in [-0.4, -0.2) is 77.7 Å². The van der Waals surface area contributed by atoms with Gasteiger partial charge in [-0.05, 0) is 30.3 Å². The molecule has 0 radical (unpaired) electrons. The van der Waals surface area contributed by atoms with Gasteiger partial charge in [-0.25, -0.2) is 26.6 Å². The van der Waals surface area contributed by atoms with Gasteiger partial charge in [0.15, 0.2) is 16.6 Å². The molecule has 1 saturated heterocycles. The highest BCUT2D eigenvalue weighted by Gasteiger charge is 2.45. The molecule has 4 aromatic rings. The van der Waals surface area contributed by atoms with Gasteiger partial charge < -0.3 is 33.9 Å². The van der Waals surface area contributed by atoms with Gasteiger partial charge in [-0.2, -0.15) is 8.70 Å². The second-order valence-electron chi connectivity index (χ2n) is 11.9. The summed E-state index contributed by atoms with van der Waals surface area (Å²) < 4.78 is 115. The van der Waals surface area contributed by atoms with Crippen LogP contribution in [0, 0.1) is 11.6 Å². The molecule has 1 aliphatic heterocycles. The molecule has 1 unspecified atom stereocenters. The van der Waals surface area contributed by atoms with Crippen LogP contribution >= 0.6 is 0 Å². The number of ether oxygens (including phenoxy) is 5. The van der Waals surface area contributed by atoms with E-state index in [2.05, 4.69) is 10.3 Å². The number of rotatable bonds is 14. The fraction of sp³-hybridized carbons (Fsp3) is 0.333. The first-order chi connectivity index (χ1) is 25.2. The van der Waals surface area contributed by atoms with Crippen LogP contribution in [-0.2, 0) is 27.9 Å². The molecule has 3 aromatic carbocycles. The molecule has 2 heterocycles. The summed E-state index contributed by atoms with van der Waals surface area (Å²) >= 11 is 0. The van der Waals surface area contributed by atoms with Crippen LogP contribution in [0.1, 0.15) is 24.0 Å². The number of alkyl halides is 2. The highest BCUT2D eigenvalue weighted by molar-refractivity contribution is 7.89. The van der Waals surface area contributed by atoms with Crippen LogP contribution in [0.5, 0.6) is 28.7 Å². The van der Waals surface area contributed by atoms with E-state index in [1.54, 1.807) is 36.4 Å². The Morgan fingerprint density at radius 1 is 0.868 bits per heavy atom. The Hall–Kier alpha value is -5.29. The molecule has 284 valence electrons. The van der Waals surface area contributed by atoms with Gasteiger partial charge in [0.25, 0.3) is 15.9 Å². The Bertz CT molecular complexity index is 2010. The number of benzene rings is 3. The zero-order valence-corrected chi connectivity index (χ0v) is 30.3. The van der Waals surface area contributed by atoms with Crippen molar-refractivity contribution in [3.05, 3.63) is 89.6 Å². The minimum atomic E-state index is -4.48. The molecule has 53 heavy (non-hydrogen) atoms. The van der Waals surface area contributed by atoms with E-state index in [0.717, 1.165) is 35.8 Å². The molecule has 17 heteroatoms. The monoisotopic (exact) mass is 762 g/mol. The number of carbonyl (C=O) groups is 1. The lowest BCUT2D eigenvalue weighted by molar-refractivity contribution is -0.121. The second kappa shape index (κ2) is 16.2. The van der Waals surface area contributed by atoms with Gasteiger partial charge in [-0.3, -0.25) is 4.79 Å². The molecule has 1 N–H and O–H groups in total. The van der Waals surface area contributed by atoms with Crippen molar-refractivity contribution in [2.24, 2.45) is 0 Å². The maximum atomic E-state index is 14.7. The lowest BCUT2D eigenvalue weighted by Crippen LogP contribution is -2.53. The summed E-state index contributed by atoms with van der Waals surface area (Å²) in [6.07, 6.45) is -0.475. The third-order valence-electron chi connectivity index (χ3n) is 8.72. The van der Waals surface area contributed by atoms with E-state index in [-0.39, 0.29) is 31.0 Å². The highest BCUT2D eigenvalue weighted by atomic mass is 32.2. The molecule has 0 spiro atoms. The fourth-order valence-electron chi connectivity index (χ4n) is 5.96. The molecule has 1 fully saturated rings. The smallest absolute Gasteiger partial charge is 0.261 e. The van der Waals surface area contributed by atoms with E-state index in [9.17, 15) is 30.8 Å². The van der Waals surface area contributed by atoms with Gasteiger partial charge in [0.05, 0.1) is 41.2 Å². The minimum Gasteiger partial charge on any atom is -0.497 e. The number of anilines is 2. The van der Waals surface area contributed by atoms with E-state index in [1.165, 1.54) is 39.4 Å². The number of piperidine rings is 1. The van der Waals surface area contributed by atoms with Crippen molar-refractivity contribution in [1.29, 1.82) is 0 Å². The summed E-state index contributed by atoms with van der Waals surface area (Å²) in [6.45, 7) is -0.794. The maximum absolute atomic E-state index is 14.7. The largest absolute Gasteiger partial charge is 0.497 e. The Labute approximate surface area is 304 Å². The highest BCUT2D eigenvalue weighted by Crippen LogP contribution is 2.40. The van der Waals surface area contributed by atoms with Crippen LogP contribution in [0.3, 0.4) is 0 Å². The molecule has 0 bridgehead atoms. The molecule has 1 aromatic heterocycles. The molecular formula is C36H38F4N4O8S. The van der Waals surface area contributed by atoms with E-state index in [0.29, 0.717) is 34.1 Å². The zero-order chi connectivity index (χ0) is 38.5. The standard InChI is InChI=1S/C36H38F4N4O8S/c1-48-25-8-6-22(30(17-25)50-3)20-43(21-23-7-9-26(49-2)18-31(23)51-4)53(46,47)32-16-24(12-14-41-32)42-35(45)29-19-36(39,40)13-15-44(29)28-11-10-27(37)33(38)34(28)52-5/h6-12,14,16-18,29H,13,15,19-21H2,1-5H3,(H,41,42,45). The Morgan fingerprint density at radius 2 is 1.47 bits per heavy atom. The minimum absolute atomic E-state index is 0.0707. The molecule has 1 amide bonds. The number of nitrogens with one attached hydrogen (secondary N) is 1. The first kappa shape index (κ1) is 38.9. The number of aromatic nitrogens is 1. The quantitative estimate of drug-likeness (QED) is 0.152. The number of halogens is 4. The van der Waals surface area contributed by atoms with Crippen LogP contribution in [0.25, 0.3) is 0 Å². The number of sulfonamides is 1. The molecule has 0 saturated carbocycles. The molecule has 1 atom stereocenters. The number of pyridine rings is 1. The van der Waals surface area contributed by atoms with Crippen molar-refractivity contribution in [2.75, 3.05) is 52.3 Å². The summed E-state index contributed by atoms with van der Waals surface area (Å²) in [5.74, 6) is -5.64. The normalized spacial score (nSPS) is 15.5. The third-order valence-corrected chi connectivity index (χ3v) is 10.4. The summed E-state index contributed by atoms with van der Waals surface area (Å²) in [5, 5.41) is 2.04. The van der Waals surface area contributed by atoms with Crippen molar-refractivity contribution in [3.8, 4) is 28.7 Å². The van der Waals surface area contributed by atoms with Crippen LogP contribution in [0.15, 0.2) is 71.9 Å². The summed E-state index contributed by atoms with van der Waals surface area (Å²) in [4.78, 5) is 19.0. The van der Waals surface area contributed by atoms with Crippen molar-refractivity contribution in [2.45, 2.75) is 42.9 Å². The lowest BCUT2D eigenvalue weighted by atomic mass is 9.96. The van der Waals surface area contributed by atoms with Gasteiger partial charge in [-0.1, -0.05) is 12.1 Å². The Balaban J connectivity index is 1.49. The van der Waals surface area contributed by atoms with Crippen LogP contribution in [0.4, 0.5) is 28.9 Å². The predicted octanol–water partition coefficient (Wildman–Crippen LogP) is 6.04. The van der Waals surface area contributed by atoms with Gasteiger partial charge in [0.2, 0.25) is 11.7 Å². The lowest BCUT2D eigenvalue weighted by Gasteiger charge is -2.40. The average Bonchev–Trinajstić information content (AvgIpc) is 3.15. The predicted molar refractivity (Wildman–Crippen MR) is 187 cm³/mol. The van der Waals surface area contributed by atoms with E-state index >= 15 is 0 Å².